The summed E-state index contributed by atoms with van der Waals surface area (Å²) in [7, 11) is 0. The van der Waals surface area contributed by atoms with E-state index in [-0.39, 0.29) is 18.5 Å². The smallest absolute Gasteiger partial charge is 0.323 e. The summed E-state index contributed by atoms with van der Waals surface area (Å²) < 4.78 is 0. The molecule has 1 aliphatic heterocycles. The summed E-state index contributed by atoms with van der Waals surface area (Å²) >= 11 is 0. The van der Waals surface area contributed by atoms with Gasteiger partial charge in [0.2, 0.25) is 0 Å². The molecule has 3 rings (SSSR count). The maximum Gasteiger partial charge on any atom is 0.323 e. The predicted octanol–water partition coefficient (Wildman–Crippen LogP) is 0.447. The van der Waals surface area contributed by atoms with E-state index in [1.54, 1.807) is 24.3 Å². The maximum absolute atomic E-state index is 12.0. The first kappa shape index (κ1) is 11.9. The van der Waals surface area contributed by atoms with Crippen molar-refractivity contribution in [2.24, 2.45) is 0 Å². The zero-order valence-corrected chi connectivity index (χ0v) is 10.0. The summed E-state index contributed by atoms with van der Waals surface area (Å²) in [5.41, 5.74) is -0.223. The van der Waals surface area contributed by atoms with Crippen molar-refractivity contribution in [3.8, 4) is 0 Å². The molecule has 0 spiro atoms. The van der Waals surface area contributed by atoms with E-state index in [1.807, 2.05) is 0 Å². The molecule has 0 radical (unpaired) electrons. The predicted molar refractivity (Wildman–Crippen MR) is 64.5 cm³/mol. The Balaban J connectivity index is 1.76. The molecule has 0 saturated heterocycles. The number of carbonyl (C=O) groups excluding carboxylic acids is 2. The molecule has 1 heterocycles. The molecule has 2 N–H and O–H groups in total. The second kappa shape index (κ2) is 3.89. The van der Waals surface area contributed by atoms with Gasteiger partial charge in [0.05, 0.1) is 17.8 Å². The van der Waals surface area contributed by atoms with Crippen molar-refractivity contribution in [3.05, 3.63) is 35.4 Å². The van der Waals surface area contributed by atoms with Crippen LogP contribution in [0.3, 0.4) is 0 Å². The first-order valence-corrected chi connectivity index (χ1v) is 5.99. The van der Waals surface area contributed by atoms with Crippen LogP contribution in [0.2, 0.25) is 0 Å². The molecule has 1 saturated carbocycles. The number of amides is 2. The summed E-state index contributed by atoms with van der Waals surface area (Å²) in [6, 6.07) is 6.58. The van der Waals surface area contributed by atoms with Crippen LogP contribution < -0.4 is 5.32 Å². The number of rotatable bonds is 4. The second-order valence-corrected chi connectivity index (χ2v) is 4.81. The van der Waals surface area contributed by atoms with Crippen LogP contribution in [0.25, 0.3) is 0 Å². The number of hydrogen-bond acceptors (Lipinski definition) is 4. The molecule has 2 amide bonds. The van der Waals surface area contributed by atoms with E-state index >= 15 is 0 Å². The summed E-state index contributed by atoms with van der Waals surface area (Å²) in [4.78, 5) is 36.1. The highest BCUT2D eigenvalue weighted by atomic mass is 16.4. The molecule has 0 atom stereocenters. The average Bonchev–Trinajstić information content (AvgIpc) is 3.15. The van der Waals surface area contributed by atoms with Crippen LogP contribution in [0, 0.1) is 0 Å². The SMILES string of the molecule is O=C1c2ccccc2C(=O)N1CNC1(C(=O)O)CC1. The molecule has 1 aromatic rings. The Hall–Kier alpha value is -2.21. The van der Waals surface area contributed by atoms with E-state index in [0.717, 1.165) is 4.90 Å². The third kappa shape index (κ3) is 1.72. The van der Waals surface area contributed by atoms with Gasteiger partial charge in [-0.3, -0.25) is 24.6 Å². The lowest BCUT2D eigenvalue weighted by Gasteiger charge is -2.18. The Morgan fingerprint density at radius 2 is 1.74 bits per heavy atom. The minimum Gasteiger partial charge on any atom is -0.480 e. The van der Waals surface area contributed by atoms with Gasteiger partial charge in [-0.25, -0.2) is 0 Å². The number of carbonyl (C=O) groups is 3. The van der Waals surface area contributed by atoms with Gasteiger partial charge >= 0.3 is 5.97 Å². The number of benzene rings is 1. The molecule has 0 aromatic heterocycles. The molecule has 6 nitrogen and oxygen atoms in total. The zero-order valence-electron chi connectivity index (χ0n) is 10.0. The van der Waals surface area contributed by atoms with Crippen LogP contribution in [0.15, 0.2) is 24.3 Å². The van der Waals surface area contributed by atoms with E-state index in [9.17, 15) is 14.4 Å². The van der Waals surface area contributed by atoms with Crippen molar-refractivity contribution in [2.75, 3.05) is 6.67 Å². The quantitative estimate of drug-likeness (QED) is 0.767. The van der Waals surface area contributed by atoms with E-state index in [0.29, 0.717) is 24.0 Å². The lowest BCUT2D eigenvalue weighted by atomic mass is 10.1. The van der Waals surface area contributed by atoms with E-state index in [2.05, 4.69) is 5.32 Å². The van der Waals surface area contributed by atoms with Crippen LogP contribution >= 0.6 is 0 Å². The third-order valence-corrected chi connectivity index (χ3v) is 3.61. The van der Waals surface area contributed by atoms with Crippen molar-refractivity contribution in [3.63, 3.8) is 0 Å². The highest BCUT2D eigenvalue weighted by molar-refractivity contribution is 6.21. The summed E-state index contributed by atoms with van der Waals surface area (Å²) in [5.74, 6) is -1.70. The fraction of sp³-hybridized carbons (Fsp3) is 0.308. The minimum atomic E-state index is -0.963. The van der Waals surface area contributed by atoms with Gasteiger partial charge in [0, 0.05) is 0 Å². The van der Waals surface area contributed by atoms with Crippen molar-refractivity contribution in [1.82, 2.24) is 10.2 Å². The van der Waals surface area contributed by atoms with Crippen molar-refractivity contribution in [1.29, 1.82) is 0 Å². The van der Waals surface area contributed by atoms with Gasteiger partial charge in [-0.1, -0.05) is 12.1 Å². The number of hydrogen-bond donors (Lipinski definition) is 2. The van der Waals surface area contributed by atoms with Gasteiger partial charge in [-0.2, -0.15) is 0 Å². The van der Waals surface area contributed by atoms with E-state index in [1.165, 1.54) is 0 Å². The van der Waals surface area contributed by atoms with Gasteiger partial charge in [-0.15, -0.1) is 0 Å². The van der Waals surface area contributed by atoms with E-state index < -0.39 is 11.5 Å². The molecule has 1 fully saturated rings. The molecule has 19 heavy (non-hydrogen) atoms. The lowest BCUT2D eigenvalue weighted by Crippen LogP contribution is -2.47. The number of aliphatic carboxylic acids is 1. The highest BCUT2D eigenvalue weighted by Gasteiger charge is 2.51. The Kier molecular flexibility index (Phi) is 2.43. The van der Waals surface area contributed by atoms with Gasteiger partial charge < -0.3 is 5.11 Å². The van der Waals surface area contributed by atoms with Crippen LogP contribution in [0.5, 0.6) is 0 Å². The molecule has 2 aliphatic rings. The van der Waals surface area contributed by atoms with Crippen LogP contribution in [0.4, 0.5) is 0 Å². The number of fused-ring (bicyclic) bond motifs is 1. The zero-order chi connectivity index (χ0) is 13.6. The van der Waals surface area contributed by atoms with Gasteiger partial charge in [0.15, 0.2) is 0 Å². The molecule has 0 bridgehead atoms. The van der Waals surface area contributed by atoms with Crippen molar-refractivity contribution >= 4 is 17.8 Å². The second-order valence-electron chi connectivity index (χ2n) is 4.81. The van der Waals surface area contributed by atoms with Crippen LogP contribution in [0.1, 0.15) is 33.6 Å². The maximum atomic E-state index is 12.0. The molecule has 0 unspecified atom stereocenters. The summed E-state index contributed by atoms with van der Waals surface area (Å²) in [6.07, 6.45) is 1.04. The lowest BCUT2D eigenvalue weighted by molar-refractivity contribution is -0.140. The van der Waals surface area contributed by atoms with Crippen molar-refractivity contribution in [2.45, 2.75) is 18.4 Å². The monoisotopic (exact) mass is 260 g/mol. The molecular formula is C13H12N2O4. The molecular weight excluding hydrogens is 248 g/mol. The van der Waals surface area contributed by atoms with Crippen LogP contribution in [-0.2, 0) is 4.79 Å². The minimum absolute atomic E-state index is 0.0708. The highest BCUT2D eigenvalue weighted by Crippen LogP contribution is 2.35. The first-order valence-electron chi connectivity index (χ1n) is 5.99. The average molecular weight is 260 g/mol. The first-order chi connectivity index (χ1) is 9.05. The topological polar surface area (TPSA) is 86.7 Å². The van der Waals surface area contributed by atoms with Gasteiger partial charge in [0.25, 0.3) is 11.8 Å². The fourth-order valence-corrected chi connectivity index (χ4v) is 2.20. The van der Waals surface area contributed by atoms with Gasteiger partial charge in [-0.05, 0) is 25.0 Å². The Labute approximate surface area is 109 Å². The third-order valence-electron chi connectivity index (χ3n) is 3.61. The number of nitrogens with zero attached hydrogens (tertiary/aromatic N) is 1. The standard InChI is InChI=1S/C13H12N2O4/c16-10-8-3-1-2-4-9(8)11(17)15(10)7-14-13(5-6-13)12(18)19/h1-4,14H,5-7H2,(H,18,19). The van der Waals surface area contributed by atoms with Gasteiger partial charge in [0.1, 0.15) is 5.54 Å². The number of nitrogens with one attached hydrogen (secondary N) is 1. The summed E-state index contributed by atoms with van der Waals surface area (Å²) in [5, 5.41) is 11.8. The Morgan fingerprint density at radius 3 is 2.16 bits per heavy atom. The Bertz CT molecular complexity index is 557. The molecule has 1 aromatic carbocycles. The molecule has 1 aliphatic carbocycles. The number of imide groups is 1. The van der Waals surface area contributed by atoms with E-state index in [4.69, 9.17) is 5.11 Å². The van der Waals surface area contributed by atoms with Crippen LogP contribution in [-0.4, -0.2) is 40.0 Å². The number of carboxylic acids is 1. The normalized spacial score (nSPS) is 19.5. The largest absolute Gasteiger partial charge is 0.480 e. The molecule has 98 valence electrons. The Morgan fingerprint density at radius 1 is 1.21 bits per heavy atom. The molecule has 6 heteroatoms. The van der Waals surface area contributed by atoms with Crippen molar-refractivity contribution < 1.29 is 19.5 Å². The number of carboxylic acid groups (broad SMARTS) is 1. The summed E-state index contributed by atoms with van der Waals surface area (Å²) in [6.45, 7) is -0.0708. The fourth-order valence-electron chi connectivity index (χ4n) is 2.20.